The number of rotatable bonds is 7. The first kappa shape index (κ1) is 12.8. The highest BCUT2D eigenvalue weighted by Crippen LogP contribution is 2.22. The lowest BCUT2D eigenvalue weighted by Gasteiger charge is -2.23. The van der Waals surface area contributed by atoms with Crippen molar-refractivity contribution in [3.63, 3.8) is 0 Å². The van der Waals surface area contributed by atoms with E-state index in [9.17, 15) is 4.79 Å². The Morgan fingerprint density at radius 2 is 2.18 bits per heavy atom. The molecule has 2 N–H and O–H groups in total. The van der Waals surface area contributed by atoms with Gasteiger partial charge in [-0.3, -0.25) is 9.69 Å². The molecule has 1 aliphatic carbocycles. The van der Waals surface area contributed by atoms with Gasteiger partial charge in [-0.2, -0.15) is 0 Å². The first-order valence-corrected chi connectivity index (χ1v) is 6.54. The van der Waals surface area contributed by atoms with Gasteiger partial charge in [-0.25, -0.2) is 0 Å². The molecule has 1 aliphatic heterocycles. The Balaban J connectivity index is 1.69. The molecule has 1 saturated carbocycles. The van der Waals surface area contributed by atoms with Crippen molar-refractivity contribution in [1.82, 2.24) is 10.2 Å². The van der Waals surface area contributed by atoms with Gasteiger partial charge in [0.2, 0.25) is 5.91 Å². The van der Waals surface area contributed by atoms with Crippen molar-refractivity contribution in [3.8, 4) is 0 Å². The Hall–Kier alpha value is -0.650. The summed E-state index contributed by atoms with van der Waals surface area (Å²) in [6.45, 7) is 2.79. The fourth-order valence-electron chi connectivity index (χ4n) is 2.26. The minimum Gasteiger partial charge on any atom is -0.394 e. The quantitative estimate of drug-likeness (QED) is 0.604. The van der Waals surface area contributed by atoms with Crippen molar-refractivity contribution in [1.29, 1.82) is 0 Å². The van der Waals surface area contributed by atoms with Crippen LogP contribution in [-0.2, 0) is 9.53 Å². The van der Waals surface area contributed by atoms with Gasteiger partial charge >= 0.3 is 0 Å². The molecule has 2 fully saturated rings. The van der Waals surface area contributed by atoms with E-state index in [4.69, 9.17) is 9.84 Å². The lowest BCUT2D eigenvalue weighted by atomic mass is 10.2. The van der Waals surface area contributed by atoms with Crippen LogP contribution in [0.2, 0.25) is 0 Å². The monoisotopic (exact) mass is 242 g/mol. The summed E-state index contributed by atoms with van der Waals surface area (Å²) in [5.41, 5.74) is 0. The van der Waals surface area contributed by atoms with Crippen LogP contribution < -0.4 is 5.32 Å². The molecule has 5 heteroatoms. The van der Waals surface area contributed by atoms with Crippen molar-refractivity contribution in [3.05, 3.63) is 0 Å². The molecular formula is C12H22N2O3. The van der Waals surface area contributed by atoms with Crippen LogP contribution in [-0.4, -0.2) is 60.9 Å². The lowest BCUT2D eigenvalue weighted by Crippen LogP contribution is -2.45. The molecule has 0 bridgehead atoms. The smallest absolute Gasteiger partial charge is 0.237 e. The topological polar surface area (TPSA) is 61.8 Å². The van der Waals surface area contributed by atoms with E-state index in [0.717, 1.165) is 38.8 Å². The molecule has 1 atom stereocenters. The maximum absolute atomic E-state index is 12.0. The molecule has 1 unspecified atom stereocenters. The van der Waals surface area contributed by atoms with Gasteiger partial charge in [0.1, 0.15) is 0 Å². The molecule has 17 heavy (non-hydrogen) atoms. The average molecular weight is 242 g/mol. The summed E-state index contributed by atoms with van der Waals surface area (Å²) in [5.74, 6) is 0.187. The number of carbonyl (C=O) groups excluding carboxylic acids is 1. The van der Waals surface area contributed by atoms with Crippen molar-refractivity contribution >= 4 is 5.91 Å². The van der Waals surface area contributed by atoms with E-state index in [-0.39, 0.29) is 18.6 Å². The van der Waals surface area contributed by atoms with Crippen LogP contribution in [0.15, 0.2) is 0 Å². The lowest BCUT2D eigenvalue weighted by molar-refractivity contribution is -0.125. The maximum Gasteiger partial charge on any atom is 0.237 e. The van der Waals surface area contributed by atoms with Crippen molar-refractivity contribution < 1.29 is 14.6 Å². The van der Waals surface area contributed by atoms with Gasteiger partial charge < -0.3 is 15.2 Å². The van der Waals surface area contributed by atoms with Gasteiger partial charge in [-0.05, 0) is 32.2 Å². The number of hydrogen-bond acceptors (Lipinski definition) is 4. The van der Waals surface area contributed by atoms with E-state index < -0.39 is 0 Å². The maximum atomic E-state index is 12.0. The number of aliphatic hydroxyl groups excluding tert-OH is 1. The Morgan fingerprint density at radius 3 is 2.88 bits per heavy atom. The summed E-state index contributed by atoms with van der Waals surface area (Å²) < 4.78 is 5.24. The van der Waals surface area contributed by atoms with Gasteiger partial charge in [-0.15, -0.1) is 0 Å². The molecule has 0 aromatic heterocycles. The van der Waals surface area contributed by atoms with Crippen molar-refractivity contribution in [2.45, 2.75) is 37.8 Å². The predicted molar refractivity (Wildman–Crippen MR) is 63.7 cm³/mol. The third kappa shape index (κ3) is 3.94. The molecule has 0 spiro atoms. The first-order chi connectivity index (χ1) is 8.31. The average Bonchev–Trinajstić information content (AvgIpc) is 3.00. The van der Waals surface area contributed by atoms with Crippen molar-refractivity contribution in [2.24, 2.45) is 0 Å². The van der Waals surface area contributed by atoms with Gasteiger partial charge in [-0.1, -0.05) is 0 Å². The number of carbonyl (C=O) groups is 1. The fourth-order valence-corrected chi connectivity index (χ4v) is 2.26. The number of hydrogen-bond donors (Lipinski definition) is 2. The highest BCUT2D eigenvalue weighted by atomic mass is 16.5. The first-order valence-electron chi connectivity index (χ1n) is 6.54. The summed E-state index contributed by atoms with van der Waals surface area (Å²) >= 11 is 0. The molecule has 2 rings (SSSR count). The number of aliphatic hydroxyl groups is 1. The number of ether oxygens (including phenoxy) is 1. The molecule has 1 saturated heterocycles. The van der Waals surface area contributed by atoms with Crippen LogP contribution in [0.25, 0.3) is 0 Å². The minimum atomic E-state index is 0.0355. The third-order valence-electron chi connectivity index (χ3n) is 3.35. The van der Waals surface area contributed by atoms with E-state index in [1.807, 2.05) is 0 Å². The molecule has 1 heterocycles. The van der Waals surface area contributed by atoms with Gasteiger partial charge in [0.05, 0.1) is 25.9 Å². The molecule has 0 aromatic carbocycles. The second kappa shape index (κ2) is 6.33. The molecule has 2 aliphatic rings. The number of nitrogens with one attached hydrogen (secondary N) is 1. The minimum absolute atomic E-state index is 0.0355. The van der Waals surface area contributed by atoms with E-state index >= 15 is 0 Å². The van der Waals surface area contributed by atoms with Crippen LogP contribution >= 0.6 is 0 Å². The van der Waals surface area contributed by atoms with Gasteiger partial charge in [0.15, 0.2) is 0 Å². The largest absolute Gasteiger partial charge is 0.394 e. The number of nitrogens with zero attached hydrogens (tertiary/aromatic N) is 1. The normalized spacial score (nSPS) is 25.1. The third-order valence-corrected chi connectivity index (χ3v) is 3.35. The van der Waals surface area contributed by atoms with E-state index in [1.54, 1.807) is 0 Å². The van der Waals surface area contributed by atoms with E-state index in [2.05, 4.69) is 10.2 Å². The second-order valence-corrected chi connectivity index (χ2v) is 4.81. The summed E-state index contributed by atoms with van der Waals surface area (Å²) in [5, 5.41) is 11.7. The van der Waals surface area contributed by atoms with Crippen LogP contribution in [0.1, 0.15) is 25.7 Å². The van der Waals surface area contributed by atoms with E-state index in [1.165, 1.54) is 0 Å². The summed E-state index contributed by atoms with van der Waals surface area (Å²) in [4.78, 5) is 14.2. The Bertz CT molecular complexity index is 256. The molecular weight excluding hydrogens is 220 g/mol. The second-order valence-electron chi connectivity index (χ2n) is 4.81. The molecule has 0 aromatic rings. The van der Waals surface area contributed by atoms with Crippen LogP contribution in [0, 0.1) is 0 Å². The number of amides is 1. The van der Waals surface area contributed by atoms with E-state index in [0.29, 0.717) is 19.3 Å². The molecule has 98 valence electrons. The van der Waals surface area contributed by atoms with Gasteiger partial charge in [0.25, 0.3) is 0 Å². The predicted octanol–water partition coefficient (Wildman–Crippen LogP) is -0.262. The van der Waals surface area contributed by atoms with Gasteiger partial charge in [0, 0.05) is 12.6 Å². The standard InChI is InChI=1S/C12H22N2O3/c15-7-9-17-8-6-14-5-1-2-11(14)12(16)13-10-3-4-10/h10-11,15H,1-9H2,(H,13,16). The summed E-state index contributed by atoms with van der Waals surface area (Å²) in [6, 6.07) is 0.476. The zero-order chi connectivity index (χ0) is 12.1. The molecule has 0 radical (unpaired) electrons. The SMILES string of the molecule is O=C(NC1CC1)C1CCCN1CCOCCO. The number of likely N-dealkylation sites (tertiary alicyclic amines) is 1. The zero-order valence-corrected chi connectivity index (χ0v) is 10.2. The molecule has 1 amide bonds. The van der Waals surface area contributed by atoms with Crippen LogP contribution in [0.5, 0.6) is 0 Å². The van der Waals surface area contributed by atoms with Crippen molar-refractivity contribution in [2.75, 3.05) is 32.9 Å². The van der Waals surface area contributed by atoms with Crippen LogP contribution in [0.3, 0.4) is 0 Å². The highest BCUT2D eigenvalue weighted by molar-refractivity contribution is 5.82. The van der Waals surface area contributed by atoms with Crippen LogP contribution in [0.4, 0.5) is 0 Å². The summed E-state index contributed by atoms with van der Waals surface area (Å²) in [6.07, 6.45) is 4.32. The Labute approximate surface area is 102 Å². The Kier molecular flexibility index (Phi) is 4.76. The fraction of sp³-hybridized carbons (Fsp3) is 0.917. The highest BCUT2D eigenvalue weighted by Gasteiger charge is 2.33. The molecule has 5 nitrogen and oxygen atoms in total. The Morgan fingerprint density at radius 1 is 1.35 bits per heavy atom. The zero-order valence-electron chi connectivity index (χ0n) is 10.2. The summed E-state index contributed by atoms with van der Waals surface area (Å²) in [7, 11) is 0.